The first-order valence-electron chi connectivity index (χ1n) is 6.51. The van der Waals surface area contributed by atoms with E-state index in [0.29, 0.717) is 17.4 Å². The number of nitrogens with one attached hydrogen (secondary N) is 2. The number of anilines is 1. The van der Waals surface area contributed by atoms with E-state index in [4.69, 9.17) is 11.6 Å². The molecule has 7 heteroatoms. The van der Waals surface area contributed by atoms with Gasteiger partial charge in [-0.15, -0.1) is 0 Å². The second-order valence-corrected chi connectivity index (χ2v) is 5.35. The number of aromatic amines is 1. The Balaban J connectivity index is 1.72. The molecule has 19 heavy (non-hydrogen) atoms. The van der Waals surface area contributed by atoms with Gasteiger partial charge in [0.2, 0.25) is 5.28 Å². The predicted molar refractivity (Wildman–Crippen MR) is 73.1 cm³/mol. The van der Waals surface area contributed by atoms with Gasteiger partial charge < -0.3 is 15.4 Å². The second kappa shape index (κ2) is 5.30. The standard InChI is InChI=1S/C12H16ClN5O/c13-12-17-10(9-11(18-12)16-6-15-9)14-5-7-2-1-3-8(19)4-7/h6-8,19H,1-5H2,(H2,14,15,16,17,18). The summed E-state index contributed by atoms with van der Waals surface area (Å²) in [5.74, 6) is 1.14. The van der Waals surface area contributed by atoms with Gasteiger partial charge in [0, 0.05) is 6.54 Å². The summed E-state index contributed by atoms with van der Waals surface area (Å²) >= 11 is 5.87. The Kier molecular flexibility index (Phi) is 3.52. The first-order valence-corrected chi connectivity index (χ1v) is 6.88. The van der Waals surface area contributed by atoms with Crippen molar-refractivity contribution < 1.29 is 5.11 Å². The largest absolute Gasteiger partial charge is 0.393 e. The Hall–Kier alpha value is -1.40. The Labute approximate surface area is 115 Å². The minimum Gasteiger partial charge on any atom is -0.393 e. The molecule has 1 saturated carbocycles. The Morgan fingerprint density at radius 1 is 1.42 bits per heavy atom. The minimum atomic E-state index is -0.165. The van der Waals surface area contributed by atoms with E-state index in [0.717, 1.165) is 37.7 Å². The number of nitrogens with zero attached hydrogens (tertiary/aromatic N) is 3. The summed E-state index contributed by atoms with van der Waals surface area (Å²) in [6.45, 7) is 0.776. The number of rotatable bonds is 3. The minimum absolute atomic E-state index is 0.165. The van der Waals surface area contributed by atoms with Gasteiger partial charge in [-0.05, 0) is 36.8 Å². The van der Waals surface area contributed by atoms with Gasteiger partial charge in [-0.2, -0.15) is 9.97 Å². The number of fused-ring (bicyclic) bond motifs is 1. The van der Waals surface area contributed by atoms with Gasteiger partial charge in [0.25, 0.3) is 0 Å². The molecule has 102 valence electrons. The Morgan fingerprint density at radius 3 is 3.16 bits per heavy atom. The van der Waals surface area contributed by atoms with Crippen LogP contribution in [0.25, 0.3) is 11.2 Å². The monoisotopic (exact) mass is 281 g/mol. The quantitative estimate of drug-likeness (QED) is 0.749. The van der Waals surface area contributed by atoms with Gasteiger partial charge in [0.1, 0.15) is 5.52 Å². The fourth-order valence-electron chi connectivity index (χ4n) is 2.62. The van der Waals surface area contributed by atoms with Gasteiger partial charge in [-0.1, -0.05) is 6.42 Å². The molecule has 3 N–H and O–H groups in total. The molecule has 3 rings (SSSR count). The van der Waals surface area contributed by atoms with Crippen molar-refractivity contribution in [1.29, 1.82) is 0 Å². The highest BCUT2D eigenvalue weighted by Gasteiger charge is 2.20. The first-order chi connectivity index (χ1) is 9.22. The van der Waals surface area contributed by atoms with E-state index < -0.39 is 0 Å². The van der Waals surface area contributed by atoms with Gasteiger partial charge in [0.05, 0.1) is 12.4 Å². The maximum absolute atomic E-state index is 9.67. The molecule has 0 aliphatic heterocycles. The molecule has 6 nitrogen and oxygen atoms in total. The molecule has 0 radical (unpaired) electrons. The average molecular weight is 282 g/mol. The van der Waals surface area contributed by atoms with Gasteiger partial charge >= 0.3 is 0 Å². The third kappa shape index (κ3) is 2.79. The molecule has 0 saturated heterocycles. The van der Waals surface area contributed by atoms with Crippen molar-refractivity contribution >= 4 is 28.6 Å². The van der Waals surface area contributed by atoms with Crippen LogP contribution in [0.3, 0.4) is 0 Å². The molecule has 2 unspecified atom stereocenters. The van der Waals surface area contributed by atoms with E-state index >= 15 is 0 Å². The highest BCUT2D eigenvalue weighted by Crippen LogP contribution is 2.25. The number of aliphatic hydroxyl groups excluding tert-OH is 1. The molecule has 0 amide bonds. The number of aromatic nitrogens is 4. The molecule has 1 aliphatic rings. The van der Waals surface area contributed by atoms with Crippen LogP contribution in [0.1, 0.15) is 25.7 Å². The summed E-state index contributed by atoms with van der Waals surface area (Å²) in [6.07, 6.45) is 5.39. The zero-order chi connectivity index (χ0) is 13.2. The van der Waals surface area contributed by atoms with Crippen LogP contribution in [0.5, 0.6) is 0 Å². The zero-order valence-electron chi connectivity index (χ0n) is 10.4. The van der Waals surface area contributed by atoms with Crippen molar-refractivity contribution in [3.63, 3.8) is 0 Å². The summed E-state index contributed by atoms with van der Waals surface area (Å²) in [5, 5.41) is 13.1. The third-order valence-electron chi connectivity index (χ3n) is 3.57. The molecule has 0 spiro atoms. The third-order valence-corrected chi connectivity index (χ3v) is 3.74. The number of hydrogen-bond donors (Lipinski definition) is 3. The highest BCUT2D eigenvalue weighted by molar-refractivity contribution is 6.28. The summed E-state index contributed by atoms with van der Waals surface area (Å²) in [5.41, 5.74) is 1.33. The van der Waals surface area contributed by atoms with Crippen LogP contribution in [-0.4, -0.2) is 37.7 Å². The lowest BCUT2D eigenvalue weighted by molar-refractivity contribution is 0.104. The summed E-state index contributed by atoms with van der Waals surface area (Å²) < 4.78 is 0. The normalized spacial score (nSPS) is 23.7. The highest BCUT2D eigenvalue weighted by atomic mass is 35.5. The lowest BCUT2D eigenvalue weighted by Crippen LogP contribution is -2.25. The summed E-state index contributed by atoms with van der Waals surface area (Å²) in [7, 11) is 0. The molecule has 1 aliphatic carbocycles. The Bertz CT molecular complexity index is 572. The van der Waals surface area contributed by atoms with Crippen LogP contribution in [0.4, 0.5) is 5.82 Å². The fourth-order valence-corrected chi connectivity index (χ4v) is 2.79. The molecule has 2 heterocycles. The van der Waals surface area contributed by atoms with Crippen LogP contribution in [-0.2, 0) is 0 Å². The second-order valence-electron chi connectivity index (χ2n) is 5.01. The number of H-pyrrole nitrogens is 1. The number of hydrogen-bond acceptors (Lipinski definition) is 5. The number of aliphatic hydroxyl groups is 1. The predicted octanol–water partition coefficient (Wildman–Crippen LogP) is 1.97. The first kappa shape index (κ1) is 12.6. The van der Waals surface area contributed by atoms with Crippen molar-refractivity contribution in [3.8, 4) is 0 Å². The van der Waals surface area contributed by atoms with Crippen LogP contribution in [0, 0.1) is 5.92 Å². The van der Waals surface area contributed by atoms with Gasteiger partial charge in [0.15, 0.2) is 11.5 Å². The van der Waals surface area contributed by atoms with Crippen LogP contribution in [0.2, 0.25) is 5.28 Å². The topological polar surface area (TPSA) is 86.7 Å². The van der Waals surface area contributed by atoms with E-state index in [9.17, 15) is 5.11 Å². The van der Waals surface area contributed by atoms with E-state index in [-0.39, 0.29) is 11.4 Å². The van der Waals surface area contributed by atoms with Gasteiger partial charge in [-0.3, -0.25) is 0 Å². The maximum Gasteiger partial charge on any atom is 0.226 e. The molecular formula is C12H16ClN5O. The molecule has 2 aromatic heterocycles. The maximum atomic E-state index is 9.67. The smallest absolute Gasteiger partial charge is 0.226 e. The van der Waals surface area contributed by atoms with Crippen LogP contribution in [0.15, 0.2) is 6.33 Å². The molecule has 0 aromatic carbocycles. The number of halogens is 1. The van der Waals surface area contributed by atoms with Crippen molar-refractivity contribution in [2.75, 3.05) is 11.9 Å². The molecule has 1 fully saturated rings. The van der Waals surface area contributed by atoms with E-state index in [2.05, 4.69) is 25.3 Å². The number of imidazole rings is 1. The lowest BCUT2D eigenvalue weighted by Gasteiger charge is -2.26. The fraction of sp³-hybridized carbons (Fsp3) is 0.583. The van der Waals surface area contributed by atoms with Crippen LogP contribution < -0.4 is 5.32 Å². The molecule has 0 bridgehead atoms. The van der Waals surface area contributed by atoms with E-state index in [1.54, 1.807) is 6.33 Å². The van der Waals surface area contributed by atoms with Crippen molar-refractivity contribution in [3.05, 3.63) is 11.6 Å². The average Bonchev–Trinajstić information content (AvgIpc) is 2.84. The molecule has 2 atom stereocenters. The van der Waals surface area contributed by atoms with Crippen LogP contribution >= 0.6 is 11.6 Å². The Morgan fingerprint density at radius 2 is 2.32 bits per heavy atom. The van der Waals surface area contributed by atoms with E-state index in [1.165, 1.54) is 0 Å². The molecule has 2 aromatic rings. The van der Waals surface area contributed by atoms with Crippen molar-refractivity contribution in [2.24, 2.45) is 5.92 Å². The molecular weight excluding hydrogens is 266 g/mol. The van der Waals surface area contributed by atoms with E-state index in [1.807, 2.05) is 0 Å². The SMILES string of the molecule is OC1CCCC(CNc2nc(Cl)nc3nc[nH]c23)C1. The van der Waals surface area contributed by atoms with Crippen molar-refractivity contribution in [2.45, 2.75) is 31.8 Å². The summed E-state index contributed by atoms with van der Waals surface area (Å²) in [4.78, 5) is 15.3. The zero-order valence-corrected chi connectivity index (χ0v) is 11.2. The lowest BCUT2D eigenvalue weighted by atomic mass is 9.87. The van der Waals surface area contributed by atoms with Gasteiger partial charge in [-0.25, -0.2) is 4.98 Å². The van der Waals surface area contributed by atoms with Crippen molar-refractivity contribution in [1.82, 2.24) is 19.9 Å². The summed E-state index contributed by atoms with van der Waals surface area (Å²) in [6, 6.07) is 0.